The molecule has 5 N–H and O–H groups in total. The number of alkyl halides is 1. The topological polar surface area (TPSA) is 234 Å². The third-order valence-electron chi connectivity index (χ3n) is 8.35. The number of benzene rings is 2. The monoisotopic (exact) mass is 901 g/mol. The van der Waals surface area contributed by atoms with Gasteiger partial charge in [-0.15, -0.1) is 11.6 Å². The zero-order valence-electron chi connectivity index (χ0n) is 38.1. The van der Waals surface area contributed by atoms with Crippen molar-refractivity contribution in [2.45, 2.75) is 155 Å². The highest BCUT2D eigenvalue weighted by molar-refractivity contribution is 6.17. The number of carbonyl (C=O) groups excluding carboxylic acids is 8. The minimum Gasteiger partial charge on any atom is -0.460 e. The van der Waals surface area contributed by atoms with Gasteiger partial charge in [-0.3, -0.25) is 33.6 Å². The maximum atomic E-state index is 14.1. The van der Waals surface area contributed by atoms with Crippen molar-refractivity contribution < 1.29 is 57.3 Å². The molecule has 18 heteroatoms. The molecule has 4 atom stereocenters. The lowest BCUT2D eigenvalue weighted by Crippen LogP contribution is -2.59. The maximum Gasteiger partial charge on any atom is 0.408 e. The first kappa shape index (κ1) is 53.4. The Morgan fingerprint density at radius 2 is 1.03 bits per heavy atom. The molecule has 0 heterocycles. The van der Waals surface area contributed by atoms with Gasteiger partial charge < -0.3 is 45.5 Å². The van der Waals surface area contributed by atoms with E-state index < -0.39 is 107 Å². The SMILES string of the molecule is CC(C)C(NC(=O)C(CCC(=O)OC(C)(C)C)NC(=O)C(CC(=O)OC(C)(C)C)NC(=O)OCc1ccccc1)C(=O)NC(CC(=O)OC(C)(C)C)C(=O)Nc1ccc(CCl)cc1. The van der Waals surface area contributed by atoms with Crippen LogP contribution >= 0.6 is 11.6 Å². The fourth-order valence-electron chi connectivity index (χ4n) is 5.58. The van der Waals surface area contributed by atoms with E-state index >= 15 is 0 Å². The van der Waals surface area contributed by atoms with Crippen molar-refractivity contribution in [2.75, 3.05) is 5.32 Å². The number of hydrogen-bond acceptors (Lipinski definition) is 12. The fraction of sp³-hybridized carbons (Fsp3) is 0.556. The highest BCUT2D eigenvalue weighted by Crippen LogP contribution is 2.16. The minimum atomic E-state index is -1.62. The Bertz CT molecular complexity index is 1890. The molecule has 17 nitrogen and oxygen atoms in total. The lowest BCUT2D eigenvalue weighted by atomic mass is 10.0. The number of hydrogen-bond donors (Lipinski definition) is 5. The van der Waals surface area contributed by atoms with E-state index in [1.807, 2.05) is 0 Å². The van der Waals surface area contributed by atoms with Crippen LogP contribution in [0.4, 0.5) is 10.5 Å². The zero-order chi connectivity index (χ0) is 47.7. The molecule has 0 saturated carbocycles. The van der Waals surface area contributed by atoms with Crippen LogP contribution in [0.1, 0.15) is 113 Å². The average molecular weight is 902 g/mol. The molecular weight excluding hydrogens is 838 g/mol. The van der Waals surface area contributed by atoms with Crippen molar-refractivity contribution in [1.82, 2.24) is 21.3 Å². The minimum absolute atomic E-state index is 0.158. The highest BCUT2D eigenvalue weighted by atomic mass is 35.5. The summed E-state index contributed by atoms with van der Waals surface area (Å²) in [6.07, 6.45) is -3.00. The molecular formula is C45H64ClN5O12. The second-order valence-corrected chi connectivity index (χ2v) is 18.4. The van der Waals surface area contributed by atoms with Gasteiger partial charge in [0.1, 0.15) is 47.6 Å². The van der Waals surface area contributed by atoms with Crippen molar-refractivity contribution in [3.8, 4) is 0 Å². The molecule has 0 aromatic heterocycles. The fourth-order valence-corrected chi connectivity index (χ4v) is 5.76. The Morgan fingerprint density at radius 1 is 0.556 bits per heavy atom. The summed E-state index contributed by atoms with van der Waals surface area (Å²) in [6, 6.07) is 9.30. The van der Waals surface area contributed by atoms with Gasteiger partial charge in [0, 0.05) is 18.0 Å². The summed E-state index contributed by atoms with van der Waals surface area (Å²) in [5.74, 6) is -6.29. The number of alkyl carbamates (subject to hydrolysis) is 1. The van der Waals surface area contributed by atoms with Crippen LogP contribution in [0.2, 0.25) is 0 Å². The number of carbonyl (C=O) groups is 8. The van der Waals surface area contributed by atoms with Gasteiger partial charge in [0.05, 0.1) is 12.8 Å². The lowest BCUT2D eigenvalue weighted by Gasteiger charge is -2.28. The van der Waals surface area contributed by atoms with Gasteiger partial charge >= 0.3 is 24.0 Å². The molecule has 348 valence electrons. The molecule has 0 saturated heterocycles. The van der Waals surface area contributed by atoms with E-state index in [0.717, 1.165) is 5.56 Å². The van der Waals surface area contributed by atoms with Crippen molar-refractivity contribution >= 4 is 64.9 Å². The van der Waals surface area contributed by atoms with Crippen molar-refractivity contribution in [2.24, 2.45) is 5.92 Å². The summed E-state index contributed by atoms with van der Waals surface area (Å²) < 4.78 is 21.5. The van der Waals surface area contributed by atoms with E-state index in [9.17, 15) is 38.4 Å². The first-order valence-electron chi connectivity index (χ1n) is 20.6. The van der Waals surface area contributed by atoms with E-state index in [2.05, 4.69) is 26.6 Å². The van der Waals surface area contributed by atoms with Crippen LogP contribution in [0.15, 0.2) is 54.6 Å². The Kier molecular flexibility index (Phi) is 20.5. The van der Waals surface area contributed by atoms with Gasteiger partial charge in [0.25, 0.3) is 0 Å². The lowest BCUT2D eigenvalue weighted by molar-refractivity contribution is -0.157. The Hall–Kier alpha value is -5.71. The number of nitrogens with one attached hydrogen (secondary N) is 5. The Morgan fingerprint density at radius 3 is 1.52 bits per heavy atom. The van der Waals surface area contributed by atoms with Crippen LogP contribution in [0.5, 0.6) is 0 Å². The van der Waals surface area contributed by atoms with Gasteiger partial charge in [-0.2, -0.15) is 0 Å². The van der Waals surface area contributed by atoms with Crippen LogP contribution < -0.4 is 26.6 Å². The van der Waals surface area contributed by atoms with Crippen LogP contribution in [0, 0.1) is 5.92 Å². The van der Waals surface area contributed by atoms with Crippen molar-refractivity contribution in [3.05, 3.63) is 65.7 Å². The predicted octanol–water partition coefficient (Wildman–Crippen LogP) is 5.35. The van der Waals surface area contributed by atoms with Gasteiger partial charge in [-0.25, -0.2) is 4.79 Å². The van der Waals surface area contributed by atoms with E-state index in [1.165, 1.54) is 0 Å². The van der Waals surface area contributed by atoms with E-state index in [0.29, 0.717) is 11.3 Å². The Balaban J connectivity index is 2.43. The summed E-state index contributed by atoms with van der Waals surface area (Å²) in [5.41, 5.74) is -0.929. The predicted molar refractivity (Wildman–Crippen MR) is 235 cm³/mol. The van der Waals surface area contributed by atoms with Crippen LogP contribution in [0.25, 0.3) is 0 Å². The van der Waals surface area contributed by atoms with Crippen molar-refractivity contribution in [1.29, 1.82) is 0 Å². The molecule has 0 fully saturated rings. The summed E-state index contributed by atoms with van der Waals surface area (Å²) in [5, 5.41) is 12.7. The Labute approximate surface area is 374 Å². The van der Waals surface area contributed by atoms with Gasteiger partial charge in [0.2, 0.25) is 23.6 Å². The molecule has 5 amide bonds. The van der Waals surface area contributed by atoms with Crippen molar-refractivity contribution in [3.63, 3.8) is 0 Å². The standard InChI is InChI=1S/C45H64ClN5O12/c1-27(2)37(41(58)49-32(23-35(53)62-44(6,7)8)39(56)47-30-19-17-28(25-46)18-20-30)51-38(55)31(21-22-34(52)61-43(3,4)5)48-40(57)33(24-36(54)63-45(9,10)11)50-42(59)60-26-29-15-13-12-14-16-29/h12-20,27,31-33,37H,21-26H2,1-11H3,(H,47,56)(H,48,57)(H,49,58)(H,50,59)(H,51,55). The molecule has 2 rings (SSSR count). The largest absolute Gasteiger partial charge is 0.460 e. The molecule has 0 aliphatic carbocycles. The molecule has 0 aliphatic heterocycles. The third-order valence-corrected chi connectivity index (χ3v) is 8.66. The first-order chi connectivity index (χ1) is 29.1. The van der Waals surface area contributed by atoms with E-state index in [1.54, 1.807) is 131 Å². The quantitative estimate of drug-likeness (QED) is 0.0643. The first-order valence-corrected chi connectivity index (χ1v) is 21.2. The van der Waals surface area contributed by atoms with Gasteiger partial charge in [-0.05, 0) is 97.9 Å². The summed E-state index contributed by atoms with van der Waals surface area (Å²) in [6.45, 7) is 17.8. The number of rotatable bonds is 20. The maximum absolute atomic E-state index is 14.1. The van der Waals surface area contributed by atoms with Gasteiger partial charge in [-0.1, -0.05) is 56.3 Å². The summed E-state index contributed by atoms with van der Waals surface area (Å²) in [4.78, 5) is 107. The second kappa shape index (κ2) is 24.2. The molecule has 2 aromatic rings. The molecule has 0 radical (unpaired) electrons. The average Bonchev–Trinajstić information content (AvgIpc) is 3.15. The molecule has 63 heavy (non-hydrogen) atoms. The number of anilines is 1. The molecule has 4 unspecified atom stereocenters. The normalized spacial score (nSPS) is 13.5. The molecule has 0 spiro atoms. The van der Waals surface area contributed by atoms with Crippen LogP contribution in [-0.4, -0.2) is 88.6 Å². The van der Waals surface area contributed by atoms with Crippen LogP contribution in [-0.2, 0) is 65.0 Å². The zero-order valence-corrected chi connectivity index (χ0v) is 38.9. The number of halogens is 1. The number of amides is 5. The molecule has 0 bridgehead atoms. The van der Waals surface area contributed by atoms with Crippen LogP contribution in [0.3, 0.4) is 0 Å². The molecule has 2 aromatic carbocycles. The van der Waals surface area contributed by atoms with E-state index in [4.69, 9.17) is 30.5 Å². The van der Waals surface area contributed by atoms with E-state index in [-0.39, 0.29) is 25.3 Å². The summed E-state index contributed by atoms with van der Waals surface area (Å²) >= 11 is 5.90. The smallest absolute Gasteiger partial charge is 0.408 e. The third kappa shape index (κ3) is 21.8. The number of ether oxygens (including phenoxy) is 4. The molecule has 0 aliphatic rings. The highest BCUT2D eigenvalue weighted by Gasteiger charge is 2.36. The number of esters is 3. The summed E-state index contributed by atoms with van der Waals surface area (Å²) in [7, 11) is 0. The second-order valence-electron chi connectivity index (χ2n) is 18.1. The van der Waals surface area contributed by atoms with Gasteiger partial charge in [0.15, 0.2) is 0 Å².